The zero-order chi connectivity index (χ0) is 26.2. The van der Waals surface area contributed by atoms with Gasteiger partial charge in [0.2, 0.25) is 0 Å². The van der Waals surface area contributed by atoms with Gasteiger partial charge >= 0.3 is 0 Å². The van der Waals surface area contributed by atoms with Crippen molar-refractivity contribution in [2.24, 2.45) is 0 Å². The van der Waals surface area contributed by atoms with E-state index in [0.717, 1.165) is 0 Å². The molecule has 0 saturated heterocycles. The predicted octanol–water partition coefficient (Wildman–Crippen LogP) is 10.2. The highest BCUT2D eigenvalue weighted by Crippen LogP contribution is 2.47. The van der Waals surface area contributed by atoms with E-state index in [-0.39, 0.29) is 0 Å². The third kappa shape index (κ3) is 2.77. The van der Waals surface area contributed by atoms with Crippen LogP contribution in [0.5, 0.6) is 0 Å². The number of benzene rings is 7. The van der Waals surface area contributed by atoms with Crippen molar-refractivity contribution in [2.75, 3.05) is 0 Å². The number of para-hydroxylation sites is 2. The largest absolute Gasteiger partial charge is 0.307 e. The number of hydrogen-bond acceptors (Lipinski definition) is 0. The molecule has 0 amide bonds. The third-order valence-electron chi connectivity index (χ3n) is 8.46. The lowest BCUT2D eigenvalue weighted by molar-refractivity contribution is 1.18. The summed E-state index contributed by atoms with van der Waals surface area (Å²) in [5.74, 6) is 0. The lowest BCUT2D eigenvalue weighted by atomic mass is 9.97. The van der Waals surface area contributed by atoms with Crippen LogP contribution in [0, 0.1) is 0 Å². The molecule has 0 aliphatic carbocycles. The van der Waals surface area contributed by atoms with Crippen molar-refractivity contribution in [2.45, 2.75) is 0 Å². The van der Waals surface area contributed by atoms with Gasteiger partial charge in [-0.2, -0.15) is 0 Å². The molecule has 0 bridgehead atoms. The van der Waals surface area contributed by atoms with Crippen LogP contribution in [0.2, 0.25) is 0 Å². The average molecular weight is 509 g/mol. The first-order valence-electron chi connectivity index (χ1n) is 13.8. The van der Waals surface area contributed by atoms with Gasteiger partial charge in [-0.3, -0.25) is 0 Å². The molecule has 186 valence electrons. The Bertz CT molecular complexity index is 2420. The first-order valence-corrected chi connectivity index (χ1v) is 13.8. The van der Waals surface area contributed by atoms with Gasteiger partial charge in [0, 0.05) is 27.2 Å². The van der Waals surface area contributed by atoms with Crippen molar-refractivity contribution < 1.29 is 0 Å². The highest BCUT2D eigenvalue weighted by molar-refractivity contribution is 6.34. The summed E-state index contributed by atoms with van der Waals surface area (Å²) in [6.45, 7) is 0. The third-order valence-corrected chi connectivity index (χ3v) is 8.46. The van der Waals surface area contributed by atoms with Gasteiger partial charge in [-0.15, -0.1) is 0 Å². The maximum absolute atomic E-state index is 2.55. The molecule has 0 atom stereocenters. The lowest BCUT2D eigenvalue weighted by Crippen LogP contribution is -1.96. The fourth-order valence-electron chi connectivity index (χ4n) is 6.88. The van der Waals surface area contributed by atoms with E-state index in [1.165, 1.54) is 76.5 Å². The van der Waals surface area contributed by atoms with E-state index in [1.54, 1.807) is 0 Å². The van der Waals surface area contributed by atoms with Gasteiger partial charge in [0.1, 0.15) is 0 Å². The smallest absolute Gasteiger partial charge is 0.0810 e. The van der Waals surface area contributed by atoms with Crippen molar-refractivity contribution in [1.82, 2.24) is 9.13 Å². The Morgan fingerprint density at radius 2 is 0.900 bits per heavy atom. The Labute approximate surface area is 230 Å². The second kappa shape index (κ2) is 8.08. The first kappa shape index (κ1) is 21.6. The summed E-state index contributed by atoms with van der Waals surface area (Å²) in [6.07, 6.45) is 0. The van der Waals surface area contributed by atoms with Gasteiger partial charge in [-0.05, 0) is 45.8 Å². The van der Waals surface area contributed by atoms with Crippen LogP contribution in [0.4, 0.5) is 0 Å². The van der Waals surface area contributed by atoms with E-state index in [1.807, 2.05) is 0 Å². The van der Waals surface area contributed by atoms with Crippen LogP contribution in [0.15, 0.2) is 146 Å². The molecule has 0 N–H and O–H groups in total. The summed E-state index contributed by atoms with van der Waals surface area (Å²) in [5.41, 5.74) is 7.33. The minimum Gasteiger partial charge on any atom is -0.307 e. The molecule has 2 nitrogen and oxygen atoms in total. The predicted molar refractivity (Wildman–Crippen MR) is 170 cm³/mol. The van der Waals surface area contributed by atoms with E-state index in [2.05, 4.69) is 155 Å². The molecule has 0 aliphatic rings. The van der Waals surface area contributed by atoms with E-state index in [0.29, 0.717) is 0 Å². The number of nitrogens with zero attached hydrogens (tertiary/aromatic N) is 2. The monoisotopic (exact) mass is 508 g/mol. The Hall–Kier alpha value is -5.34. The van der Waals surface area contributed by atoms with Crippen LogP contribution < -0.4 is 0 Å². The molecule has 2 heteroatoms. The number of aromatic nitrogens is 2. The van der Waals surface area contributed by atoms with Crippen LogP contribution in [0.25, 0.3) is 76.5 Å². The Kier molecular flexibility index (Phi) is 4.36. The zero-order valence-electron chi connectivity index (χ0n) is 21.8. The van der Waals surface area contributed by atoms with E-state index in [9.17, 15) is 0 Å². The van der Waals surface area contributed by atoms with Gasteiger partial charge in [0.05, 0.1) is 27.8 Å². The maximum atomic E-state index is 2.55. The zero-order valence-corrected chi connectivity index (χ0v) is 21.8. The quantitative estimate of drug-likeness (QED) is 0.206. The fourth-order valence-corrected chi connectivity index (χ4v) is 6.88. The Balaban J connectivity index is 1.67. The summed E-state index contributed by atoms with van der Waals surface area (Å²) < 4.78 is 5.01. The normalized spacial score (nSPS) is 12.0. The van der Waals surface area contributed by atoms with Gasteiger partial charge in [0.25, 0.3) is 0 Å². The standard InChI is InChI=1S/C38H24N2/c1-2-15-26(16-3-1)39-34-23-11-10-22-32(34)37-38(39)35-30-20-8-6-18-28(30)29-19-7-9-21-31(29)36(35)40(37)33-24-12-14-25-13-4-5-17-27(25)33/h1-24H. The number of fused-ring (bicyclic) bond motifs is 11. The van der Waals surface area contributed by atoms with Crippen molar-refractivity contribution in [3.05, 3.63) is 146 Å². The molecule has 2 aromatic heterocycles. The van der Waals surface area contributed by atoms with Gasteiger partial charge in [-0.1, -0.05) is 121 Å². The summed E-state index contributed by atoms with van der Waals surface area (Å²) in [4.78, 5) is 0. The highest BCUT2D eigenvalue weighted by atomic mass is 15.1. The van der Waals surface area contributed by atoms with E-state index in [4.69, 9.17) is 0 Å². The molecule has 0 unspecified atom stereocenters. The molecule has 9 rings (SSSR count). The van der Waals surface area contributed by atoms with Crippen molar-refractivity contribution in [1.29, 1.82) is 0 Å². The SMILES string of the molecule is c1ccc(-n2c3ccccc3c3c2c2c4ccccc4c4ccccc4c2n3-c2cccc3ccccc23)cc1. The maximum Gasteiger partial charge on any atom is 0.0810 e. The minimum atomic E-state index is 1.17. The average Bonchev–Trinajstić information content (AvgIpc) is 3.54. The molecule has 0 spiro atoms. The fraction of sp³-hybridized carbons (Fsp3) is 0. The first-order chi connectivity index (χ1) is 19.9. The summed E-state index contributed by atoms with van der Waals surface area (Å²) in [5, 5.41) is 10.1. The minimum absolute atomic E-state index is 1.17. The molecule has 0 aliphatic heterocycles. The molecular weight excluding hydrogens is 484 g/mol. The molecule has 0 saturated carbocycles. The van der Waals surface area contributed by atoms with Crippen LogP contribution in [-0.4, -0.2) is 9.13 Å². The molecule has 2 heterocycles. The summed E-state index contributed by atoms with van der Waals surface area (Å²) in [6, 6.07) is 52.8. The molecule has 0 radical (unpaired) electrons. The van der Waals surface area contributed by atoms with Crippen LogP contribution >= 0.6 is 0 Å². The summed E-state index contributed by atoms with van der Waals surface area (Å²) >= 11 is 0. The molecular formula is C38H24N2. The summed E-state index contributed by atoms with van der Waals surface area (Å²) in [7, 11) is 0. The molecule has 7 aromatic carbocycles. The second-order valence-corrected chi connectivity index (χ2v) is 10.5. The van der Waals surface area contributed by atoms with E-state index >= 15 is 0 Å². The molecule has 0 fully saturated rings. The Morgan fingerprint density at radius 3 is 1.70 bits per heavy atom. The molecule has 40 heavy (non-hydrogen) atoms. The number of hydrogen-bond donors (Lipinski definition) is 0. The number of rotatable bonds is 2. The topological polar surface area (TPSA) is 9.86 Å². The Morgan fingerprint density at radius 1 is 0.325 bits per heavy atom. The van der Waals surface area contributed by atoms with E-state index < -0.39 is 0 Å². The van der Waals surface area contributed by atoms with Gasteiger partial charge < -0.3 is 9.13 Å². The van der Waals surface area contributed by atoms with Crippen molar-refractivity contribution >= 4 is 65.2 Å². The molecule has 9 aromatic rings. The highest BCUT2D eigenvalue weighted by Gasteiger charge is 2.25. The van der Waals surface area contributed by atoms with Crippen molar-refractivity contribution in [3.63, 3.8) is 0 Å². The van der Waals surface area contributed by atoms with Crippen molar-refractivity contribution in [3.8, 4) is 11.4 Å². The lowest BCUT2D eigenvalue weighted by Gasteiger charge is -2.15. The van der Waals surface area contributed by atoms with Crippen LogP contribution in [0.3, 0.4) is 0 Å². The van der Waals surface area contributed by atoms with Crippen LogP contribution in [-0.2, 0) is 0 Å². The van der Waals surface area contributed by atoms with Gasteiger partial charge in [-0.25, -0.2) is 0 Å². The second-order valence-electron chi connectivity index (χ2n) is 10.5. The van der Waals surface area contributed by atoms with Gasteiger partial charge in [0.15, 0.2) is 0 Å². The van der Waals surface area contributed by atoms with Crippen LogP contribution in [0.1, 0.15) is 0 Å².